The first-order chi connectivity index (χ1) is 13.0. The molecule has 2 heterocycles. The van der Waals surface area contributed by atoms with Crippen LogP contribution in [0.1, 0.15) is 58.8 Å². The minimum atomic E-state index is -0.0620. The molecule has 146 valence electrons. The van der Waals surface area contributed by atoms with Crippen LogP contribution in [-0.4, -0.2) is 33.2 Å². The van der Waals surface area contributed by atoms with Gasteiger partial charge >= 0.3 is 0 Å². The molecule has 1 saturated carbocycles. The van der Waals surface area contributed by atoms with Crippen molar-refractivity contribution in [3.05, 3.63) is 24.2 Å². The second-order valence-corrected chi connectivity index (χ2v) is 7.48. The number of carbonyl (C=O) groups excluding carboxylic acids is 1. The van der Waals surface area contributed by atoms with E-state index < -0.39 is 0 Å². The molecule has 1 atom stereocenters. The van der Waals surface area contributed by atoms with Gasteiger partial charge in [-0.3, -0.25) is 4.79 Å². The second kappa shape index (κ2) is 8.97. The van der Waals surface area contributed by atoms with Crippen LogP contribution in [-0.2, 0) is 11.2 Å². The number of rotatable bonds is 7. The summed E-state index contributed by atoms with van der Waals surface area (Å²) < 4.78 is 11.1. The summed E-state index contributed by atoms with van der Waals surface area (Å²) in [6.45, 7) is 5.84. The summed E-state index contributed by atoms with van der Waals surface area (Å²) in [5, 5.41) is 7.14. The van der Waals surface area contributed by atoms with Crippen LogP contribution in [0.2, 0.25) is 0 Å². The lowest BCUT2D eigenvalue weighted by atomic mass is 9.88. The highest BCUT2D eigenvalue weighted by molar-refractivity contribution is 5.79. The van der Waals surface area contributed by atoms with Gasteiger partial charge in [0, 0.05) is 24.6 Å². The van der Waals surface area contributed by atoms with E-state index in [4.69, 9.17) is 9.26 Å². The van der Waals surface area contributed by atoms with Crippen LogP contribution in [0, 0.1) is 5.92 Å². The van der Waals surface area contributed by atoms with Gasteiger partial charge in [-0.05, 0) is 45.7 Å². The van der Waals surface area contributed by atoms with Crippen LogP contribution in [0.15, 0.2) is 22.9 Å². The van der Waals surface area contributed by atoms with Crippen molar-refractivity contribution in [3.63, 3.8) is 0 Å². The zero-order chi connectivity index (χ0) is 19.2. The van der Waals surface area contributed by atoms with Gasteiger partial charge in [-0.1, -0.05) is 24.4 Å². The van der Waals surface area contributed by atoms with Crippen molar-refractivity contribution in [1.29, 1.82) is 0 Å². The molecule has 1 unspecified atom stereocenters. The summed E-state index contributed by atoms with van der Waals surface area (Å²) >= 11 is 0. The molecule has 7 heteroatoms. The van der Waals surface area contributed by atoms with E-state index in [1.807, 2.05) is 32.9 Å². The van der Waals surface area contributed by atoms with Crippen LogP contribution < -0.4 is 10.1 Å². The molecular formula is C20H28N4O3. The van der Waals surface area contributed by atoms with Gasteiger partial charge in [0.15, 0.2) is 0 Å². The molecule has 0 aromatic carbocycles. The summed E-state index contributed by atoms with van der Waals surface area (Å²) in [6, 6.07) is 3.60. The number of aromatic nitrogens is 3. The number of nitrogens with one attached hydrogen (secondary N) is 1. The highest BCUT2D eigenvalue weighted by atomic mass is 16.5. The Morgan fingerprint density at radius 3 is 2.81 bits per heavy atom. The van der Waals surface area contributed by atoms with Gasteiger partial charge in [-0.25, -0.2) is 4.98 Å². The SMILES string of the molecule is CC(Cc1nc(-c2cccnc2OC(C)C)no1)NC(=O)C1CCCCC1. The van der Waals surface area contributed by atoms with E-state index in [1.165, 1.54) is 6.42 Å². The van der Waals surface area contributed by atoms with Crippen LogP contribution >= 0.6 is 0 Å². The van der Waals surface area contributed by atoms with Crippen molar-refractivity contribution >= 4 is 5.91 Å². The van der Waals surface area contributed by atoms with E-state index in [2.05, 4.69) is 20.4 Å². The first kappa shape index (κ1) is 19.3. The molecule has 0 bridgehead atoms. The average molecular weight is 372 g/mol. The van der Waals surface area contributed by atoms with Crippen molar-refractivity contribution in [3.8, 4) is 17.3 Å². The Morgan fingerprint density at radius 2 is 2.07 bits per heavy atom. The van der Waals surface area contributed by atoms with Gasteiger partial charge in [0.2, 0.25) is 23.5 Å². The van der Waals surface area contributed by atoms with E-state index in [0.717, 1.165) is 25.7 Å². The number of pyridine rings is 1. The smallest absolute Gasteiger partial charge is 0.229 e. The van der Waals surface area contributed by atoms with Crippen molar-refractivity contribution in [2.24, 2.45) is 5.92 Å². The lowest BCUT2D eigenvalue weighted by molar-refractivity contribution is -0.126. The van der Waals surface area contributed by atoms with E-state index in [0.29, 0.717) is 29.6 Å². The van der Waals surface area contributed by atoms with Crippen LogP contribution in [0.3, 0.4) is 0 Å². The Morgan fingerprint density at radius 1 is 1.30 bits per heavy atom. The zero-order valence-electron chi connectivity index (χ0n) is 16.3. The Hall–Kier alpha value is -2.44. The normalized spacial score (nSPS) is 16.3. The lowest BCUT2D eigenvalue weighted by Gasteiger charge is -2.22. The third-order valence-corrected chi connectivity index (χ3v) is 4.67. The van der Waals surface area contributed by atoms with Gasteiger partial charge in [-0.15, -0.1) is 0 Å². The Balaban J connectivity index is 1.61. The summed E-state index contributed by atoms with van der Waals surface area (Å²) in [7, 11) is 0. The number of amides is 1. The largest absolute Gasteiger partial charge is 0.474 e. The first-order valence-corrected chi connectivity index (χ1v) is 9.78. The summed E-state index contributed by atoms with van der Waals surface area (Å²) in [5.74, 6) is 1.70. The van der Waals surface area contributed by atoms with Gasteiger partial charge < -0.3 is 14.6 Å². The molecule has 0 aliphatic heterocycles. The van der Waals surface area contributed by atoms with E-state index in [-0.39, 0.29) is 24.0 Å². The maximum Gasteiger partial charge on any atom is 0.229 e. The van der Waals surface area contributed by atoms with Crippen LogP contribution in [0.25, 0.3) is 11.4 Å². The molecule has 0 radical (unpaired) electrons. The number of hydrogen-bond acceptors (Lipinski definition) is 6. The molecule has 27 heavy (non-hydrogen) atoms. The second-order valence-electron chi connectivity index (χ2n) is 7.48. The maximum atomic E-state index is 12.4. The average Bonchev–Trinajstić information content (AvgIpc) is 3.10. The first-order valence-electron chi connectivity index (χ1n) is 9.78. The number of nitrogens with zero attached hydrogens (tertiary/aromatic N) is 3. The predicted octanol–water partition coefficient (Wildman–Crippen LogP) is 3.55. The number of ether oxygens (including phenoxy) is 1. The fourth-order valence-corrected chi connectivity index (χ4v) is 3.36. The Labute approximate surface area is 159 Å². The van der Waals surface area contributed by atoms with Gasteiger partial charge in [0.25, 0.3) is 0 Å². The van der Waals surface area contributed by atoms with Gasteiger partial charge in [0.1, 0.15) is 0 Å². The molecule has 1 N–H and O–H groups in total. The number of hydrogen-bond donors (Lipinski definition) is 1. The Kier molecular flexibility index (Phi) is 6.42. The van der Waals surface area contributed by atoms with Crippen LogP contribution in [0.5, 0.6) is 5.88 Å². The van der Waals surface area contributed by atoms with Crippen molar-refractivity contribution in [2.75, 3.05) is 0 Å². The molecule has 1 amide bonds. The summed E-state index contributed by atoms with van der Waals surface area (Å²) in [6.07, 6.45) is 7.67. The summed E-state index contributed by atoms with van der Waals surface area (Å²) in [5.41, 5.74) is 0.695. The van der Waals surface area contributed by atoms with Crippen molar-refractivity contribution < 1.29 is 14.1 Å². The molecule has 0 saturated heterocycles. The third-order valence-electron chi connectivity index (χ3n) is 4.67. The fourth-order valence-electron chi connectivity index (χ4n) is 3.36. The van der Waals surface area contributed by atoms with Crippen molar-refractivity contribution in [1.82, 2.24) is 20.4 Å². The molecular weight excluding hydrogens is 344 g/mol. The molecule has 1 aliphatic rings. The molecule has 2 aromatic heterocycles. The molecule has 0 spiro atoms. The topological polar surface area (TPSA) is 90.1 Å². The molecule has 1 aliphatic carbocycles. The lowest BCUT2D eigenvalue weighted by Crippen LogP contribution is -2.39. The molecule has 3 rings (SSSR count). The van der Waals surface area contributed by atoms with Gasteiger partial charge in [-0.2, -0.15) is 4.98 Å². The number of carbonyl (C=O) groups is 1. The van der Waals surface area contributed by atoms with Crippen molar-refractivity contribution in [2.45, 2.75) is 71.4 Å². The quantitative estimate of drug-likeness (QED) is 0.799. The van der Waals surface area contributed by atoms with E-state index >= 15 is 0 Å². The predicted molar refractivity (Wildman–Crippen MR) is 101 cm³/mol. The van der Waals surface area contributed by atoms with E-state index in [9.17, 15) is 4.79 Å². The zero-order valence-corrected chi connectivity index (χ0v) is 16.3. The molecule has 2 aromatic rings. The standard InChI is InChI=1S/C20H28N4O3/c1-13(2)26-20-16(10-7-11-21-20)18-23-17(27-24-18)12-14(3)22-19(25)15-8-5-4-6-9-15/h7,10-11,13-15H,4-6,8-9,12H2,1-3H3,(H,22,25). The van der Waals surface area contributed by atoms with Gasteiger partial charge in [0.05, 0.1) is 11.7 Å². The highest BCUT2D eigenvalue weighted by Gasteiger charge is 2.23. The summed E-state index contributed by atoms with van der Waals surface area (Å²) in [4.78, 5) is 21.1. The van der Waals surface area contributed by atoms with E-state index in [1.54, 1.807) is 6.20 Å². The minimum absolute atomic E-state index is 0.0000401. The highest BCUT2D eigenvalue weighted by Crippen LogP contribution is 2.26. The molecule has 1 fully saturated rings. The van der Waals surface area contributed by atoms with Crippen LogP contribution in [0.4, 0.5) is 0 Å². The monoisotopic (exact) mass is 372 g/mol. The molecule has 7 nitrogen and oxygen atoms in total. The third kappa shape index (κ3) is 5.28. The Bertz CT molecular complexity index is 753. The fraction of sp³-hybridized carbons (Fsp3) is 0.600. The minimum Gasteiger partial charge on any atom is -0.474 e. The maximum absolute atomic E-state index is 12.4.